The van der Waals surface area contributed by atoms with Crippen molar-refractivity contribution in [2.75, 3.05) is 5.32 Å². The second kappa shape index (κ2) is 10.9. The summed E-state index contributed by atoms with van der Waals surface area (Å²) in [7, 11) is 0. The minimum atomic E-state index is -4.53. The lowest BCUT2D eigenvalue weighted by atomic mass is 9.93. The van der Waals surface area contributed by atoms with Crippen molar-refractivity contribution in [3.63, 3.8) is 0 Å². The minimum Gasteiger partial charge on any atom is -0.488 e. The van der Waals surface area contributed by atoms with Crippen molar-refractivity contribution in [3.05, 3.63) is 94.5 Å². The number of rotatable bonds is 8. The van der Waals surface area contributed by atoms with Gasteiger partial charge in [-0.3, -0.25) is 4.79 Å². The zero-order valence-electron chi connectivity index (χ0n) is 20.2. The molecule has 192 valence electrons. The number of carbonyl (C=O) groups excluding carboxylic acids is 1. The Labute approximate surface area is 212 Å². The van der Waals surface area contributed by atoms with Gasteiger partial charge >= 0.3 is 12.1 Å². The first-order chi connectivity index (χ1) is 17.7. The molecule has 1 aliphatic carbocycles. The Hall–Kier alpha value is -4.07. The molecule has 0 aromatic heterocycles. The molecular formula is C29H26F3NO4. The number of hydrogen-bond acceptors (Lipinski definition) is 3. The molecule has 0 heterocycles. The van der Waals surface area contributed by atoms with Crippen molar-refractivity contribution < 1.29 is 32.6 Å². The van der Waals surface area contributed by atoms with Gasteiger partial charge in [-0.2, -0.15) is 13.2 Å². The third-order valence-electron chi connectivity index (χ3n) is 6.22. The third-order valence-corrected chi connectivity index (χ3v) is 6.22. The van der Waals surface area contributed by atoms with Crippen molar-refractivity contribution in [2.24, 2.45) is 0 Å². The summed E-state index contributed by atoms with van der Waals surface area (Å²) in [4.78, 5) is 23.7. The molecule has 1 aliphatic rings. The van der Waals surface area contributed by atoms with Crippen LogP contribution in [-0.2, 0) is 17.6 Å². The van der Waals surface area contributed by atoms with Gasteiger partial charge in [-0.25, -0.2) is 4.79 Å². The van der Waals surface area contributed by atoms with Crippen LogP contribution < -0.4 is 10.1 Å². The molecule has 3 aromatic rings. The van der Waals surface area contributed by atoms with Crippen LogP contribution in [0.1, 0.15) is 65.2 Å². The number of halogens is 3. The normalized spacial score (nSPS) is 13.5. The van der Waals surface area contributed by atoms with Crippen LogP contribution in [0.3, 0.4) is 0 Å². The molecule has 0 saturated carbocycles. The summed E-state index contributed by atoms with van der Waals surface area (Å²) in [6, 6.07) is 17.3. The van der Waals surface area contributed by atoms with E-state index in [2.05, 4.69) is 5.32 Å². The smallest absolute Gasteiger partial charge is 0.416 e. The van der Waals surface area contributed by atoms with E-state index in [1.54, 1.807) is 13.0 Å². The number of benzene rings is 3. The Morgan fingerprint density at radius 1 is 0.973 bits per heavy atom. The molecule has 0 fully saturated rings. The molecule has 4 rings (SSSR count). The second-order valence-corrected chi connectivity index (χ2v) is 8.80. The average molecular weight is 510 g/mol. The van der Waals surface area contributed by atoms with E-state index >= 15 is 0 Å². The van der Waals surface area contributed by atoms with Crippen LogP contribution >= 0.6 is 0 Å². The van der Waals surface area contributed by atoms with Gasteiger partial charge in [0.15, 0.2) is 0 Å². The maximum absolute atomic E-state index is 13.6. The molecular weight excluding hydrogens is 483 g/mol. The molecule has 8 heteroatoms. The Balaban J connectivity index is 1.82. The van der Waals surface area contributed by atoms with E-state index in [9.17, 15) is 27.9 Å². The molecule has 0 atom stereocenters. The second-order valence-electron chi connectivity index (χ2n) is 8.80. The average Bonchev–Trinajstić information content (AvgIpc) is 3.37. The van der Waals surface area contributed by atoms with E-state index in [0.717, 1.165) is 23.3 Å². The third kappa shape index (κ3) is 6.20. The monoisotopic (exact) mass is 509 g/mol. The molecule has 2 N–H and O–H groups in total. The van der Waals surface area contributed by atoms with Crippen LogP contribution in [0.4, 0.5) is 18.9 Å². The highest BCUT2D eigenvalue weighted by Gasteiger charge is 2.32. The van der Waals surface area contributed by atoms with Crippen molar-refractivity contribution in [1.29, 1.82) is 0 Å². The number of allylic oxidation sites excluding steroid dienone is 2. The van der Waals surface area contributed by atoms with Crippen LogP contribution in [0.2, 0.25) is 0 Å². The molecule has 0 saturated heterocycles. The van der Waals surface area contributed by atoms with E-state index in [1.165, 1.54) is 18.2 Å². The Morgan fingerprint density at radius 3 is 2.38 bits per heavy atom. The molecule has 0 aliphatic heterocycles. The maximum Gasteiger partial charge on any atom is 0.416 e. The van der Waals surface area contributed by atoms with Crippen LogP contribution in [0, 0.1) is 0 Å². The number of hydrogen-bond donors (Lipinski definition) is 2. The van der Waals surface area contributed by atoms with Gasteiger partial charge in [-0.05, 0) is 77.9 Å². The number of ether oxygens (including phenoxy) is 1. The topological polar surface area (TPSA) is 75.6 Å². The van der Waals surface area contributed by atoms with Crippen LogP contribution in [-0.4, -0.2) is 17.0 Å². The zero-order chi connectivity index (χ0) is 26.6. The molecule has 5 nitrogen and oxygen atoms in total. The lowest BCUT2D eigenvalue weighted by Gasteiger charge is -2.18. The van der Waals surface area contributed by atoms with Gasteiger partial charge in [0.1, 0.15) is 12.4 Å². The van der Waals surface area contributed by atoms with E-state index in [-0.39, 0.29) is 24.5 Å². The number of aromatic carboxylic acids is 1. The molecule has 0 spiro atoms. The highest BCUT2D eigenvalue weighted by atomic mass is 19.4. The predicted octanol–water partition coefficient (Wildman–Crippen LogP) is 7.43. The number of amides is 1. The fraction of sp³-hybridized carbons (Fsp3) is 0.241. The predicted molar refractivity (Wildman–Crippen MR) is 135 cm³/mol. The number of carboxylic acid groups (broad SMARTS) is 1. The summed E-state index contributed by atoms with van der Waals surface area (Å²) in [5, 5.41) is 12.3. The summed E-state index contributed by atoms with van der Waals surface area (Å²) >= 11 is 0. The zero-order valence-corrected chi connectivity index (χ0v) is 20.2. The van der Waals surface area contributed by atoms with Gasteiger partial charge in [0.25, 0.3) is 0 Å². The first-order valence-corrected chi connectivity index (χ1v) is 11.9. The molecule has 0 bridgehead atoms. The molecule has 3 aromatic carbocycles. The van der Waals surface area contributed by atoms with Crippen molar-refractivity contribution in [3.8, 4) is 5.75 Å². The van der Waals surface area contributed by atoms with Gasteiger partial charge < -0.3 is 15.2 Å². The van der Waals surface area contributed by atoms with Gasteiger partial charge in [-0.15, -0.1) is 0 Å². The van der Waals surface area contributed by atoms with Crippen LogP contribution in [0.25, 0.3) is 11.1 Å². The van der Waals surface area contributed by atoms with Gasteiger partial charge in [0, 0.05) is 17.7 Å². The molecule has 0 unspecified atom stereocenters. The lowest BCUT2D eigenvalue weighted by molar-refractivity contribution is -0.137. The summed E-state index contributed by atoms with van der Waals surface area (Å²) in [6.07, 6.45) is -2.58. The van der Waals surface area contributed by atoms with E-state index in [0.29, 0.717) is 47.4 Å². The van der Waals surface area contributed by atoms with E-state index < -0.39 is 17.7 Å². The van der Waals surface area contributed by atoms with Crippen LogP contribution in [0.5, 0.6) is 5.75 Å². The van der Waals surface area contributed by atoms with Crippen molar-refractivity contribution in [2.45, 2.75) is 45.4 Å². The number of carboxylic acids is 1. The summed E-state index contributed by atoms with van der Waals surface area (Å²) < 4.78 is 46.9. The first-order valence-electron chi connectivity index (χ1n) is 11.9. The highest BCUT2D eigenvalue weighted by Crippen LogP contribution is 2.45. The number of carbonyl (C=O) groups is 2. The Kier molecular flexibility index (Phi) is 7.66. The standard InChI is InChI=1S/C29H26F3NO4/c1-2-27(34)33-22-14-19(13-20(15-22)28(35)36)23-9-6-10-24(23)25-16-21(29(30,31)32)11-12-26(25)37-17-18-7-4-3-5-8-18/h3-5,7-8,11-16H,2,6,9-10,17H2,1H3,(H,33,34)(H,35,36). The first kappa shape index (κ1) is 26.0. The maximum atomic E-state index is 13.6. The summed E-state index contributed by atoms with van der Waals surface area (Å²) in [5.74, 6) is -1.12. The molecule has 0 radical (unpaired) electrons. The van der Waals surface area contributed by atoms with E-state index in [1.807, 2.05) is 30.3 Å². The SMILES string of the molecule is CCC(=O)Nc1cc(C(=O)O)cc(C2=C(c3cc(C(F)(F)F)ccc3OCc3ccccc3)CCC2)c1. The molecule has 37 heavy (non-hydrogen) atoms. The quantitative estimate of drug-likeness (QED) is 0.331. The van der Waals surface area contributed by atoms with Crippen molar-refractivity contribution in [1.82, 2.24) is 0 Å². The Morgan fingerprint density at radius 2 is 1.70 bits per heavy atom. The highest BCUT2D eigenvalue weighted by molar-refractivity contribution is 5.99. The fourth-order valence-electron chi connectivity index (χ4n) is 4.41. The van der Waals surface area contributed by atoms with E-state index in [4.69, 9.17) is 4.74 Å². The summed E-state index contributed by atoms with van der Waals surface area (Å²) in [6.45, 7) is 1.86. The minimum absolute atomic E-state index is 0.0211. The number of nitrogens with one attached hydrogen (secondary N) is 1. The summed E-state index contributed by atoms with van der Waals surface area (Å²) in [5.41, 5.74) is 2.67. The Bertz CT molecular complexity index is 1350. The number of anilines is 1. The van der Waals surface area contributed by atoms with Crippen LogP contribution in [0.15, 0.2) is 66.7 Å². The van der Waals surface area contributed by atoms with Gasteiger partial charge in [0.05, 0.1) is 11.1 Å². The van der Waals surface area contributed by atoms with Gasteiger partial charge in [-0.1, -0.05) is 37.3 Å². The fourth-order valence-corrected chi connectivity index (χ4v) is 4.41. The molecule has 1 amide bonds. The lowest BCUT2D eigenvalue weighted by Crippen LogP contribution is -2.11. The van der Waals surface area contributed by atoms with Gasteiger partial charge in [0.2, 0.25) is 5.91 Å². The largest absolute Gasteiger partial charge is 0.488 e. The van der Waals surface area contributed by atoms with Crippen molar-refractivity contribution >= 4 is 28.7 Å². The number of alkyl halides is 3.